The first kappa shape index (κ1) is 21.3. The minimum atomic E-state index is -3.34. The Morgan fingerprint density at radius 3 is 2.62 bits per heavy atom. The van der Waals surface area contributed by atoms with E-state index in [-0.39, 0.29) is 18.4 Å². The van der Waals surface area contributed by atoms with Crippen LogP contribution < -0.4 is 5.32 Å². The molecule has 0 saturated carbocycles. The largest absolute Gasteiger partial charge is 0.370 e. The number of hydrogen-bond acceptors (Lipinski definition) is 4. The summed E-state index contributed by atoms with van der Waals surface area (Å²) in [4.78, 5) is 7.09. The Morgan fingerprint density at radius 1 is 1.17 bits per heavy atom. The van der Waals surface area contributed by atoms with E-state index in [9.17, 15) is 8.42 Å². The van der Waals surface area contributed by atoms with Gasteiger partial charge in [0.05, 0.1) is 30.3 Å². The van der Waals surface area contributed by atoms with Crippen LogP contribution in [0.15, 0.2) is 64.5 Å². The molecule has 0 bridgehead atoms. The lowest BCUT2D eigenvalue weighted by molar-refractivity contribution is -0.00831. The number of morpholine rings is 1. The van der Waals surface area contributed by atoms with Crippen molar-refractivity contribution in [1.82, 2.24) is 10.2 Å². The molecule has 0 amide bonds. The number of hydrogen-bond donors (Lipinski definition) is 1. The Kier molecular flexibility index (Phi) is 7.28. The maximum atomic E-state index is 12.5. The third-order valence-electron chi connectivity index (χ3n) is 4.96. The highest BCUT2D eigenvalue weighted by atomic mass is 32.2. The van der Waals surface area contributed by atoms with Gasteiger partial charge in [-0.2, -0.15) is 0 Å². The molecule has 1 aliphatic heterocycles. The summed E-state index contributed by atoms with van der Waals surface area (Å²) in [5.41, 5.74) is 2.38. The Labute approximate surface area is 173 Å². The van der Waals surface area contributed by atoms with Crippen molar-refractivity contribution in [3.63, 3.8) is 0 Å². The van der Waals surface area contributed by atoms with Gasteiger partial charge < -0.3 is 15.0 Å². The van der Waals surface area contributed by atoms with Crippen LogP contribution in [0.1, 0.15) is 24.2 Å². The van der Waals surface area contributed by atoms with E-state index in [0.29, 0.717) is 18.0 Å². The molecule has 7 heteroatoms. The van der Waals surface area contributed by atoms with Crippen molar-refractivity contribution in [1.29, 1.82) is 0 Å². The van der Waals surface area contributed by atoms with E-state index in [4.69, 9.17) is 4.74 Å². The van der Waals surface area contributed by atoms with Crippen LogP contribution in [0.4, 0.5) is 0 Å². The molecular weight excluding hydrogens is 386 g/mol. The van der Waals surface area contributed by atoms with Crippen molar-refractivity contribution < 1.29 is 13.2 Å². The molecule has 2 aromatic carbocycles. The highest BCUT2D eigenvalue weighted by Crippen LogP contribution is 2.25. The van der Waals surface area contributed by atoms with Gasteiger partial charge in [-0.1, -0.05) is 42.5 Å². The van der Waals surface area contributed by atoms with E-state index in [1.807, 2.05) is 25.1 Å². The van der Waals surface area contributed by atoms with E-state index in [2.05, 4.69) is 34.3 Å². The van der Waals surface area contributed by atoms with E-state index in [0.717, 1.165) is 19.0 Å². The third kappa shape index (κ3) is 5.58. The van der Waals surface area contributed by atoms with E-state index in [1.165, 1.54) is 11.1 Å². The number of ether oxygens (including phenoxy) is 1. The van der Waals surface area contributed by atoms with Gasteiger partial charge in [0.1, 0.15) is 6.10 Å². The second-order valence-corrected chi connectivity index (χ2v) is 9.14. The summed E-state index contributed by atoms with van der Waals surface area (Å²) in [5, 5.41) is 3.29. The molecule has 0 radical (unpaired) electrons. The zero-order valence-electron chi connectivity index (χ0n) is 17.0. The normalized spacial score (nSPS) is 17.9. The van der Waals surface area contributed by atoms with Crippen molar-refractivity contribution in [2.24, 2.45) is 4.99 Å². The quantitative estimate of drug-likeness (QED) is 0.580. The number of benzene rings is 2. The summed E-state index contributed by atoms with van der Waals surface area (Å²) in [5.74, 6) is 0.718. The fraction of sp³-hybridized carbons (Fsp3) is 0.409. The maximum Gasteiger partial charge on any atom is 0.194 e. The standard InChI is InChI=1S/C22H29N3O3S/c1-3-23-22(24-13-16-29(26,27)19-10-5-4-6-11-19)25-14-15-28-21(17-25)20-12-8-7-9-18(20)2/h4-12,21H,3,13-17H2,1-2H3,(H,23,24). The Bertz CT molecular complexity index is 929. The average molecular weight is 416 g/mol. The molecule has 0 aromatic heterocycles. The summed E-state index contributed by atoms with van der Waals surface area (Å²) in [6.45, 7) is 7.04. The number of nitrogens with zero attached hydrogens (tertiary/aromatic N) is 2. The minimum absolute atomic E-state index is 0.0164. The van der Waals surface area contributed by atoms with E-state index in [1.54, 1.807) is 24.3 Å². The molecule has 1 fully saturated rings. The highest BCUT2D eigenvalue weighted by molar-refractivity contribution is 7.91. The van der Waals surface area contributed by atoms with Gasteiger partial charge in [-0.25, -0.2) is 8.42 Å². The zero-order valence-corrected chi connectivity index (χ0v) is 17.9. The van der Waals surface area contributed by atoms with Crippen LogP contribution in [0, 0.1) is 6.92 Å². The Hall–Kier alpha value is -2.38. The second kappa shape index (κ2) is 9.89. The fourth-order valence-corrected chi connectivity index (χ4v) is 4.56. The second-order valence-electron chi connectivity index (χ2n) is 7.03. The van der Waals surface area contributed by atoms with Gasteiger partial charge in [-0.15, -0.1) is 0 Å². The van der Waals surface area contributed by atoms with Gasteiger partial charge in [-0.3, -0.25) is 4.99 Å². The maximum absolute atomic E-state index is 12.5. The molecule has 0 aliphatic carbocycles. The van der Waals surface area contributed by atoms with Crippen LogP contribution in [0.5, 0.6) is 0 Å². The number of guanidine groups is 1. The average Bonchev–Trinajstić information content (AvgIpc) is 2.74. The first-order valence-electron chi connectivity index (χ1n) is 9.99. The molecule has 1 atom stereocenters. The van der Waals surface area contributed by atoms with Crippen molar-refractivity contribution in [3.8, 4) is 0 Å². The van der Waals surface area contributed by atoms with Crippen LogP contribution in [0.3, 0.4) is 0 Å². The number of aryl methyl sites for hydroxylation is 1. The summed E-state index contributed by atoms with van der Waals surface area (Å²) >= 11 is 0. The molecule has 2 aromatic rings. The van der Waals surface area contributed by atoms with Gasteiger partial charge in [0.2, 0.25) is 0 Å². The number of rotatable bonds is 6. The molecule has 1 N–H and O–H groups in total. The predicted octanol–water partition coefficient (Wildman–Crippen LogP) is 2.81. The molecule has 156 valence electrons. The molecule has 1 unspecified atom stereocenters. The molecule has 0 spiro atoms. The molecular formula is C22H29N3O3S. The van der Waals surface area contributed by atoms with Crippen molar-refractivity contribution in [3.05, 3.63) is 65.7 Å². The first-order valence-corrected chi connectivity index (χ1v) is 11.6. The van der Waals surface area contributed by atoms with E-state index >= 15 is 0 Å². The molecule has 3 rings (SSSR count). The van der Waals surface area contributed by atoms with Crippen molar-refractivity contribution in [2.45, 2.75) is 24.8 Å². The smallest absolute Gasteiger partial charge is 0.194 e. The van der Waals surface area contributed by atoms with Gasteiger partial charge in [0, 0.05) is 13.1 Å². The summed E-state index contributed by atoms with van der Waals surface area (Å²) < 4.78 is 31.0. The summed E-state index contributed by atoms with van der Waals surface area (Å²) in [7, 11) is -3.34. The van der Waals surface area contributed by atoms with Gasteiger partial charge >= 0.3 is 0 Å². The first-order chi connectivity index (χ1) is 14.0. The number of sulfone groups is 1. The monoisotopic (exact) mass is 415 g/mol. The highest BCUT2D eigenvalue weighted by Gasteiger charge is 2.25. The Morgan fingerprint density at radius 2 is 1.90 bits per heavy atom. The molecule has 29 heavy (non-hydrogen) atoms. The topological polar surface area (TPSA) is 71.0 Å². The lowest BCUT2D eigenvalue weighted by atomic mass is 10.0. The number of nitrogens with one attached hydrogen (secondary N) is 1. The molecule has 1 heterocycles. The number of aliphatic imine (C=N–C) groups is 1. The molecule has 1 saturated heterocycles. The lowest BCUT2D eigenvalue weighted by Gasteiger charge is -2.35. The molecule has 6 nitrogen and oxygen atoms in total. The minimum Gasteiger partial charge on any atom is -0.370 e. The third-order valence-corrected chi connectivity index (χ3v) is 6.67. The van der Waals surface area contributed by atoms with Crippen LogP contribution in [0.25, 0.3) is 0 Å². The van der Waals surface area contributed by atoms with Crippen LogP contribution >= 0.6 is 0 Å². The fourth-order valence-electron chi connectivity index (χ4n) is 3.42. The van der Waals surface area contributed by atoms with E-state index < -0.39 is 9.84 Å². The van der Waals surface area contributed by atoms with Crippen LogP contribution in [0.2, 0.25) is 0 Å². The van der Waals surface area contributed by atoms with Gasteiger partial charge in [0.15, 0.2) is 15.8 Å². The summed E-state index contributed by atoms with van der Waals surface area (Å²) in [6.07, 6.45) is -0.0261. The van der Waals surface area contributed by atoms with Crippen molar-refractivity contribution in [2.75, 3.05) is 38.5 Å². The van der Waals surface area contributed by atoms with Gasteiger partial charge in [0.25, 0.3) is 0 Å². The SMILES string of the molecule is CCNC(=NCCS(=O)(=O)c1ccccc1)N1CCOC(c2ccccc2C)C1. The van der Waals surface area contributed by atoms with Gasteiger partial charge in [-0.05, 0) is 37.1 Å². The van der Waals surface area contributed by atoms with Crippen molar-refractivity contribution >= 4 is 15.8 Å². The Balaban J connectivity index is 1.69. The van der Waals surface area contributed by atoms with Crippen LogP contribution in [-0.2, 0) is 14.6 Å². The lowest BCUT2D eigenvalue weighted by Crippen LogP contribution is -2.48. The summed E-state index contributed by atoms with van der Waals surface area (Å²) in [6, 6.07) is 16.8. The predicted molar refractivity (Wildman–Crippen MR) is 116 cm³/mol. The molecule has 1 aliphatic rings. The zero-order chi connectivity index (χ0) is 20.7. The van der Waals surface area contributed by atoms with Crippen LogP contribution in [-0.4, -0.2) is 57.8 Å².